The summed E-state index contributed by atoms with van der Waals surface area (Å²) in [6.07, 6.45) is 0. The predicted octanol–water partition coefficient (Wildman–Crippen LogP) is 4.70. The molecule has 0 radical (unpaired) electrons. The molecule has 0 aliphatic carbocycles. The lowest BCUT2D eigenvalue weighted by Gasteiger charge is -2.10. The summed E-state index contributed by atoms with van der Waals surface area (Å²) >= 11 is 9.41. The van der Waals surface area contributed by atoms with Crippen molar-refractivity contribution < 1.29 is 4.79 Å². The predicted molar refractivity (Wildman–Crippen MR) is 87.8 cm³/mol. The van der Waals surface area contributed by atoms with Crippen LogP contribution in [0.25, 0.3) is 0 Å². The average Bonchev–Trinajstić information content (AvgIpc) is 2.41. The molecule has 0 aromatic heterocycles. The van der Waals surface area contributed by atoms with Crippen molar-refractivity contribution in [1.82, 2.24) is 0 Å². The van der Waals surface area contributed by atoms with E-state index in [1.807, 2.05) is 32.2 Å². The first-order valence-corrected chi connectivity index (χ1v) is 7.23. The van der Waals surface area contributed by atoms with Crippen molar-refractivity contribution in [1.29, 1.82) is 0 Å². The Morgan fingerprint density at radius 1 is 1.15 bits per heavy atom. The Morgan fingerprint density at radius 3 is 2.45 bits per heavy atom. The van der Waals surface area contributed by atoms with Crippen LogP contribution in [0.5, 0.6) is 0 Å². The van der Waals surface area contributed by atoms with Crippen LogP contribution < -0.4 is 10.6 Å². The third kappa shape index (κ3) is 3.32. The van der Waals surface area contributed by atoms with E-state index in [4.69, 9.17) is 11.6 Å². The van der Waals surface area contributed by atoms with Crippen LogP contribution >= 0.6 is 27.5 Å². The molecule has 2 rings (SSSR count). The SMILES string of the molecule is CNc1ccc(C(=O)Nc2ccc(Br)cc2Cl)cc1C. The van der Waals surface area contributed by atoms with Crippen molar-refractivity contribution >= 4 is 44.8 Å². The van der Waals surface area contributed by atoms with Gasteiger partial charge in [-0.2, -0.15) is 0 Å². The first kappa shape index (κ1) is 14.9. The molecule has 0 saturated carbocycles. The number of carbonyl (C=O) groups is 1. The van der Waals surface area contributed by atoms with E-state index in [2.05, 4.69) is 26.6 Å². The number of aryl methyl sites for hydroxylation is 1. The van der Waals surface area contributed by atoms with Crippen LogP contribution in [0.1, 0.15) is 15.9 Å². The van der Waals surface area contributed by atoms with Gasteiger partial charge in [-0.1, -0.05) is 27.5 Å². The van der Waals surface area contributed by atoms with Crippen molar-refractivity contribution in [3.8, 4) is 0 Å². The maximum Gasteiger partial charge on any atom is 0.255 e. The minimum Gasteiger partial charge on any atom is -0.388 e. The van der Waals surface area contributed by atoms with Crippen LogP contribution in [0.2, 0.25) is 5.02 Å². The summed E-state index contributed by atoms with van der Waals surface area (Å²) in [5.41, 5.74) is 3.21. The molecule has 0 aliphatic rings. The number of halogens is 2. The lowest BCUT2D eigenvalue weighted by Crippen LogP contribution is -2.12. The third-order valence-corrected chi connectivity index (χ3v) is 3.74. The fourth-order valence-corrected chi connectivity index (χ4v) is 2.59. The van der Waals surface area contributed by atoms with Gasteiger partial charge in [0.25, 0.3) is 5.91 Å². The van der Waals surface area contributed by atoms with Crippen LogP contribution in [0.4, 0.5) is 11.4 Å². The number of rotatable bonds is 3. The fourth-order valence-electron chi connectivity index (χ4n) is 1.87. The highest BCUT2D eigenvalue weighted by Crippen LogP contribution is 2.26. The van der Waals surface area contributed by atoms with Gasteiger partial charge in [0.2, 0.25) is 0 Å². The molecular formula is C15H14BrClN2O. The van der Waals surface area contributed by atoms with Crippen molar-refractivity contribution in [2.45, 2.75) is 6.92 Å². The number of carbonyl (C=O) groups excluding carboxylic acids is 1. The molecule has 0 unspecified atom stereocenters. The Bertz CT molecular complexity index is 658. The summed E-state index contributed by atoms with van der Waals surface area (Å²) in [5, 5.41) is 6.37. The van der Waals surface area contributed by atoms with E-state index in [0.29, 0.717) is 16.3 Å². The average molecular weight is 354 g/mol. The maximum absolute atomic E-state index is 12.2. The minimum atomic E-state index is -0.181. The number of amides is 1. The minimum absolute atomic E-state index is 0.181. The van der Waals surface area contributed by atoms with Crippen molar-refractivity contribution in [3.05, 3.63) is 57.0 Å². The lowest BCUT2D eigenvalue weighted by atomic mass is 10.1. The number of anilines is 2. The fraction of sp³-hybridized carbons (Fsp3) is 0.133. The van der Waals surface area contributed by atoms with Gasteiger partial charge in [0, 0.05) is 22.8 Å². The zero-order valence-electron chi connectivity index (χ0n) is 11.1. The van der Waals surface area contributed by atoms with Gasteiger partial charge >= 0.3 is 0 Å². The zero-order chi connectivity index (χ0) is 14.7. The molecule has 0 saturated heterocycles. The van der Waals surface area contributed by atoms with Gasteiger partial charge in [-0.25, -0.2) is 0 Å². The van der Waals surface area contributed by atoms with E-state index in [-0.39, 0.29) is 5.91 Å². The van der Waals surface area contributed by atoms with Crippen LogP contribution in [-0.2, 0) is 0 Å². The molecule has 0 spiro atoms. The van der Waals surface area contributed by atoms with Gasteiger partial charge < -0.3 is 10.6 Å². The van der Waals surface area contributed by atoms with E-state index in [0.717, 1.165) is 15.7 Å². The summed E-state index contributed by atoms with van der Waals surface area (Å²) in [5.74, 6) is -0.181. The largest absolute Gasteiger partial charge is 0.388 e. The second-order valence-corrected chi connectivity index (χ2v) is 5.68. The van der Waals surface area contributed by atoms with Crippen molar-refractivity contribution in [2.75, 3.05) is 17.7 Å². The van der Waals surface area contributed by atoms with Crippen LogP contribution in [0.3, 0.4) is 0 Å². The highest BCUT2D eigenvalue weighted by Gasteiger charge is 2.10. The Labute approximate surface area is 131 Å². The van der Waals surface area contributed by atoms with E-state index in [1.54, 1.807) is 18.2 Å². The molecule has 2 aromatic rings. The number of hydrogen-bond donors (Lipinski definition) is 2. The second kappa shape index (κ2) is 6.29. The summed E-state index contributed by atoms with van der Waals surface area (Å²) in [6, 6.07) is 10.8. The van der Waals surface area contributed by atoms with Gasteiger partial charge in [-0.3, -0.25) is 4.79 Å². The Hall–Kier alpha value is -1.52. The highest BCUT2D eigenvalue weighted by atomic mass is 79.9. The normalized spacial score (nSPS) is 10.2. The molecule has 2 aromatic carbocycles. The monoisotopic (exact) mass is 352 g/mol. The molecule has 104 valence electrons. The summed E-state index contributed by atoms with van der Waals surface area (Å²) in [6.45, 7) is 1.95. The first-order chi connectivity index (χ1) is 9.51. The summed E-state index contributed by atoms with van der Waals surface area (Å²) < 4.78 is 0.870. The smallest absolute Gasteiger partial charge is 0.255 e. The highest BCUT2D eigenvalue weighted by molar-refractivity contribution is 9.10. The lowest BCUT2D eigenvalue weighted by molar-refractivity contribution is 0.102. The van der Waals surface area contributed by atoms with Gasteiger partial charge in [-0.15, -0.1) is 0 Å². The van der Waals surface area contributed by atoms with Gasteiger partial charge in [0.05, 0.1) is 10.7 Å². The standard InChI is InChI=1S/C15H14BrClN2O/c1-9-7-10(3-5-13(9)18-2)15(20)19-14-6-4-11(16)8-12(14)17/h3-8,18H,1-2H3,(H,19,20). The molecule has 0 aliphatic heterocycles. The number of hydrogen-bond acceptors (Lipinski definition) is 2. The number of nitrogens with one attached hydrogen (secondary N) is 2. The first-order valence-electron chi connectivity index (χ1n) is 6.06. The molecule has 0 bridgehead atoms. The van der Waals surface area contributed by atoms with Crippen LogP contribution in [0, 0.1) is 6.92 Å². The quantitative estimate of drug-likeness (QED) is 0.839. The van der Waals surface area contributed by atoms with Crippen LogP contribution in [0.15, 0.2) is 40.9 Å². The summed E-state index contributed by atoms with van der Waals surface area (Å²) in [4.78, 5) is 12.2. The molecular weight excluding hydrogens is 340 g/mol. The van der Waals surface area contributed by atoms with E-state index >= 15 is 0 Å². The molecule has 1 amide bonds. The number of benzene rings is 2. The molecule has 20 heavy (non-hydrogen) atoms. The molecule has 2 N–H and O–H groups in total. The van der Waals surface area contributed by atoms with Gasteiger partial charge in [0.15, 0.2) is 0 Å². The molecule has 0 atom stereocenters. The Morgan fingerprint density at radius 2 is 1.85 bits per heavy atom. The summed E-state index contributed by atoms with van der Waals surface area (Å²) in [7, 11) is 1.85. The van der Waals surface area contributed by atoms with Crippen LogP contribution in [-0.4, -0.2) is 13.0 Å². The van der Waals surface area contributed by atoms with E-state index in [9.17, 15) is 4.79 Å². The zero-order valence-corrected chi connectivity index (χ0v) is 13.5. The topological polar surface area (TPSA) is 41.1 Å². The molecule has 0 fully saturated rings. The molecule has 3 nitrogen and oxygen atoms in total. The van der Waals surface area contributed by atoms with Gasteiger partial charge in [-0.05, 0) is 48.9 Å². The van der Waals surface area contributed by atoms with Gasteiger partial charge in [0.1, 0.15) is 0 Å². The van der Waals surface area contributed by atoms with E-state index < -0.39 is 0 Å². The molecule has 0 heterocycles. The third-order valence-electron chi connectivity index (χ3n) is 2.94. The van der Waals surface area contributed by atoms with E-state index in [1.165, 1.54) is 0 Å². The maximum atomic E-state index is 12.2. The van der Waals surface area contributed by atoms with Crippen molar-refractivity contribution in [2.24, 2.45) is 0 Å². The second-order valence-electron chi connectivity index (χ2n) is 4.36. The molecule has 5 heteroatoms. The Balaban J connectivity index is 2.21. The Kier molecular flexibility index (Phi) is 4.68. The van der Waals surface area contributed by atoms with Crippen molar-refractivity contribution in [3.63, 3.8) is 0 Å².